The molecule has 0 aliphatic heterocycles. The van der Waals surface area contributed by atoms with Gasteiger partial charge in [-0.1, -0.05) is 48.5 Å². The summed E-state index contributed by atoms with van der Waals surface area (Å²) in [6, 6.07) is 24.7. The van der Waals surface area contributed by atoms with Gasteiger partial charge in [-0.2, -0.15) is 0 Å². The first-order chi connectivity index (χ1) is 13.6. The number of carboxylic acids is 1. The van der Waals surface area contributed by atoms with Crippen LogP contribution in [-0.4, -0.2) is 11.0 Å². The van der Waals surface area contributed by atoms with Gasteiger partial charge in [0.15, 0.2) is 0 Å². The molecule has 28 heavy (non-hydrogen) atoms. The van der Waals surface area contributed by atoms with Crippen LogP contribution in [0.15, 0.2) is 78.9 Å². The van der Waals surface area contributed by atoms with Crippen LogP contribution < -0.4 is 9.84 Å². The highest BCUT2D eigenvalue weighted by atomic mass is 16.5. The molecule has 0 fully saturated rings. The Morgan fingerprint density at radius 2 is 1.61 bits per heavy atom. The quantitative estimate of drug-likeness (QED) is 0.531. The molecule has 0 spiro atoms. The third-order valence-electron chi connectivity index (χ3n) is 4.72. The number of hydrogen-bond acceptors (Lipinski definition) is 4. The van der Waals surface area contributed by atoms with Gasteiger partial charge in [0.25, 0.3) is 0 Å². The number of ether oxygens (including phenoxy) is 1. The molecule has 138 valence electrons. The van der Waals surface area contributed by atoms with Gasteiger partial charge < -0.3 is 14.6 Å². The van der Waals surface area contributed by atoms with Crippen LogP contribution in [0.25, 0.3) is 22.2 Å². The SMILES string of the molecule is Cc1c(-c2ccc(OCc3ccccc3)cc2)nc2ccccc2c1C(=O)[O-]. The number of benzene rings is 3. The van der Waals surface area contributed by atoms with Crippen molar-refractivity contribution in [2.24, 2.45) is 0 Å². The number of pyridine rings is 1. The van der Waals surface area contributed by atoms with Gasteiger partial charge in [0.2, 0.25) is 0 Å². The van der Waals surface area contributed by atoms with E-state index in [0.717, 1.165) is 16.9 Å². The van der Waals surface area contributed by atoms with E-state index in [-0.39, 0.29) is 5.56 Å². The minimum atomic E-state index is -1.19. The van der Waals surface area contributed by atoms with Crippen molar-refractivity contribution >= 4 is 16.9 Å². The first kappa shape index (κ1) is 17.7. The van der Waals surface area contributed by atoms with Crippen molar-refractivity contribution in [3.8, 4) is 17.0 Å². The van der Waals surface area contributed by atoms with Crippen molar-refractivity contribution in [2.45, 2.75) is 13.5 Å². The van der Waals surface area contributed by atoms with Gasteiger partial charge in [0.1, 0.15) is 12.4 Å². The van der Waals surface area contributed by atoms with Crippen molar-refractivity contribution in [3.63, 3.8) is 0 Å². The molecule has 0 N–H and O–H groups in total. The molecule has 1 aromatic heterocycles. The number of rotatable bonds is 5. The highest BCUT2D eigenvalue weighted by molar-refractivity contribution is 6.04. The summed E-state index contributed by atoms with van der Waals surface area (Å²) in [5, 5.41) is 12.3. The van der Waals surface area contributed by atoms with E-state index in [1.54, 1.807) is 19.1 Å². The Morgan fingerprint density at radius 1 is 0.929 bits per heavy atom. The lowest BCUT2D eigenvalue weighted by Crippen LogP contribution is -2.24. The highest BCUT2D eigenvalue weighted by Gasteiger charge is 2.14. The lowest BCUT2D eigenvalue weighted by molar-refractivity contribution is -0.254. The van der Waals surface area contributed by atoms with E-state index in [0.29, 0.717) is 28.8 Å². The molecule has 0 unspecified atom stereocenters. The molecule has 0 atom stereocenters. The molecular formula is C24H18NO3-. The summed E-state index contributed by atoms with van der Waals surface area (Å²) in [6.07, 6.45) is 0. The van der Waals surface area contributed by atoms with E-state index in [1.807, 2.05) is 66.7 Å². The van der Waals surface area contributed by atoms with Gasteiger partial charge in [-0.25, -0.2) is 4.98 Å². The number of fused-ring (bicyclic) bond motifs is 1. The van der Waals surface area contributed by atoms with Crippen LogP contribution in [0, 0.1) is 6.92 Å². The summed E-state index contributed by atoms with van der Waals surface area (Å²) in [5.74, 6) is -0.452. The maximum atomic E-state index is 11.7. The molecule has 3 aromatic carbocycles. The monoisotopic (exact) mass is 368 g/mol. The van der Waals surface area contributed by atoms with Crippen molar-refractivity contribution in [1.82, 2.24) is 4.98 Å². The largest absolute Gasteiger partial charge is 0.545 e. The number of para-hydroxylation sites is 1. The second-order valence-electron chi connectivity index (χ2n) is 6.56. The Morgan fingerprint density at radius 3 is 2.32 bits per heavy atom. The van der Waals surface area contributed by atoms with E-state index in [9.17, 15) is 9.90 Å². The highest BCUT2D eigenvalue weighted by Crippen LogP contribution is 2.30. The molecule has 4 rings (SSSR count). The van der Waals surface area contributed by atoms with Crippen LogP contribution >= 0.6 is 0 Å². The average Bonchev–Trinajstić information content (AvgIpc) is 2.72. The Labute approximate surface area is 163 Å². The number of carbonyl (C=O) groups is 1. The van der Waals surface area contributed by atoms with Crippen LogP contribution in [0.3, 0.4) is 0 Å². The maximum Gasteiger partial charge on any atom is 0.119 e. The molecular weight excluding hydrogens is 350 g/mol. The van der Waals surface area contributed by atoms with E-state index >= 15 is 0 Å². The smallest absolute Gasteiger partial charge is 0.119 e. The van der Waals surface area contributed by atoms with Crippen LogP contribution in [0.2, 0.25) is 0 Å². The van der Waals surface area contributed by atoms with Crippen LogP contribution in [-0.2, 0) is 6.61 Å². The van der Waals surface area contributed by atoms with Crippen molar-refractivity contribution < 1.29 is 14.6 Å². The Bertz CT molecular complexity index is 1140. The van der Waals surface area contributed by atoms with Gasteiger partial charge in [0, 0.05) is 16.5 Å². The minimum Gasteiger partial charge on any atom is -0.545 e. The van der Waals surface area contributed by atoms with Crippen LogP contribution in [0.5, 0.6) is 5.75 Å². The molecule has 4 aromatic rings. The predicted octanol–water partition coefficient (Wildman–Crippen LogP) is 4.15. The normalized spacial score (nSPS) is 10.8. The fraction of sp³-hybridized carbons (Fsp3) is 0.0833. The fourth-order valence-electron chi connectivity index (χ4n) is 3.30. The zero-order valence-electron chi connectivity index (χ0n) is 15.4. The van der Waals surface area contributed by atoms with Gasteiger partial charge >= 0.3 is 0 Å². The number of carboxylic acid groups (broad SMARTS) is 1. The number of aromatic carboxylic acids is 1. The van der Waals surface area contributed by atoms with E-state index in [4.69, 9.17) is 4.74 Å². The van der Waals surface area contributed by atoms with Crippen molar-refractivity contribution in [2.75, 3.05) is 0 Å². The molecule has 0 amide bonds. The number of hydrogen-bond donors (Lipinski definition) is 0. The Balaban J connectivity index is 1.66. The third kappa shape index (κ3) is 3.45. The molecule has 0 saturated carbocycles. The average molecular weight is 368 g/mol. The lowest BCUT2D eigenvalue weighted by atomic mass is 9.98. The van der Waals surface area contributed by atoms with Crippen LogP contribution in [0.1, 0.15) is 21.5 Å². The standard InChI is InChI=1S/C24H19NO3/c1-16-22(24(26)27)20-9-5-6-10-21(20)25-23(16)18-11-13-19(14-12-18)28-15-17-7-3-2-4-8-17/h2-14H,15H2,1H3,(H,26,27)/p-1. The molecule has 0 radical (unpaired) electrons. The summed E-state index contributed by atoms with van der Waals surface area (Å²) < 4.78 is 5.82. The molecule has 0 aliphatic rings. The first-order valence-electron chi connectivity index (χ1n) is 9.01. The third-order valence-corrected chi connectivity index (χ3v) is 4.72. The summed E-state index contributed by atoms with van der Waals surface area (Å²) >= 11 is 0. The van der Waals surface area contributed by atoms with E-state index in [2.05, 4.69) is 4.98 Å². The first-order valence-corrected chi connectivity index (χ1v) is 9.01. The molecule has 0 saturated heterocycles. The Kier molecular flexibility index (Phi) is 4.77. The predicted molar refractivity (Wildman–Crippen MR) is 107 cm³/mol. The molecule has 0 bridgehead atoms. The molecule has 1 heterocycles. The van der Waals surface area contributed by atoms with E-state index in [1.165, 1.54) is 0 Å². The fourth-order valence-corrected chi connectivity index (χ4v) is 3.30. The zero-order valence-corrected chi connectivity index (χ0v) is 15.4. The summed E-state index contributed by atoms with van der Waals surface area (Å²) in [5.41, 5.74) is 3.97. The summed E-state index contributed by atoms with van der Waals surface area (Å²) in [6.45, 7) is 2.25. The summed E-state index contributed by atoms with van der Waals surface area (Å²) in [7, 11) is 0. The molecule has 4 heteroatoms. The molecule has 0 aliphatic carbocycles. The van der Waals surface area contributed by atoms with Gasteiger partial charge in [-0.3, -0.25) is 0 Å². The van der Waals surface area contributed by atoms with Crippen molar-refractivity contribution in [1.29, 1.82) is 0 Å². The topological polar surface area (TPSA) is 62.2 Å². The number of carbonyl (C=O) groups excluding carboxylic acids is 1. The summed E-state index contributed by atoms with van der Waals surface area (Å²) in [4.78, 5) is 16.4. The van der Waals surface area contributed by atoms with Gasteiger partial charge in [-0.15, -0.1) is 0 Å². The number of aromatic nitrogens is 1. The zero-order chi connectivity index (χ0) is 19.5. The Hall–Kier alpha value is -3.66. The van der Waals surface area contributed by atoms with Gasteiger partial charge in [-0.05, 0) is 48.4 Å². The maximum absolute atomic E-state index is 11.7. The number of nitrogens with zero attached hydrogens (tertiary/aromatic N) is 1. The molecule has 4 nitrogen and oxygen atoms in total. The van der Waals surface area contributed by atoms with Gasteiger partial charge in [0.05, 0.1) is 17.2 Å². The lowest BCUT2D eigenvalue weighted by Gasteiger charge is -2.15. The van der Waals surface area contributed by atoms with Crippen LogP contribution in [0.4, 0.5) is 0 Å². The second kappa shape index (κ2) is 7.53. The van der Waals surface area contributed by atoms with E-state index < -0.39 is 5.97 Å². The second-order valence-corrected chi connectivity index (χ2v) is 6.56. The minimum absolute atomic E-state index is 0.185. The van der Waals surface area contributed by atoms with Crippen molar-refractivity contribution in [3.05, 3.63) is 95.6 Å².